The largest absolute Gasteiger partial charge is 0.465 e. The van der Waals surface area contributed by atoms with Crippen molar-refractivity contribution in [2.45, 2.75) is 73.4 Å². The van der Waals surface area contributed by atoms with Crippen molar-refractivity contribution in [3.05, 3.63) is 88.1 Å². The van der Waals surface area contributed by atoms with Gasteiger partial charge in [-0.15, -0.1) is 34.8 Å². The SMILES string of the molecule is C.C.C=C1OCC2(CO1)COC(=C)OC2.C=C1OCC2(CO1)COC(=C)OC2.C=CC(=O)NCO.C=CC(=O)NCOC1(C)OCC2(CO1)COC(C)(OCNC(=O)C=C)OC2.CC.COC(CCl)OC.ClCC1OCC2(CO1)COC(CCl)OC2.OCC(CO)(CO)CO. The molecule has 8 N–H and O–H groups in total. The molecule has 0 saturated carbocycles. The van der Waals surface area contributed by atoms with Crippen LogP contribution >= 0.6 is 34.8 Å². The van der Waals surface area contributed by atoms with Crippen LogP contribution in [0.25, 0.3) is 0 Å². The Morgan fingerprint density at radius 2 is 0.726 bits per heavy atom. The fraction of sp³-hybridized carbons (Fsp3) is 0.721. The van der Waals surface area contributed by atoms with Crippen molar-refractivity contribution in [2.24, 2.45) is 27.1 Å². The van der Waals surface area contributed by atoms with Crippen LogP contribution in [0.15, 0.2) is 88.1 Å². The number of carbonyl (C=O) groups excluding carboxylic acids is 3. The van der Waals surface area contributed by atoms with Crippen LogP contribution in [-0.4, -0.2) is 258 Å². The molecule has 0 aromatic rings. The number of halogens is 3. The summed E-state index contributed by atoms with van der Waals surface area (Å²) in [6.07, 6.45) is 2.52. The predicted molar refractivity (Wildman–Crippen MR) is 345 cm³/mol. The van der Waals surface area contributed by atoms with Crippen molar-refractivity contribution in [2.75, 3.05) is 184 Å². The van der Waals surface area contributed by atoms with Crippen molar-refractivity contribution >= 4 is 52.5 Å². The zero-order valence-electron chi connectivity index (χ0n) is 54.1. The molecule has 8 fully saturated rings. The Morgan fingerprint density at radius 3 is 0.905 bits per heavy atom. The van der Waals surface area contributed by atoms with E-state index in [1.807, 2.05) is 13.8 Å². The Kier molecular flexibility index (Phi) is 47.4. The molecule has 95 heavy (non-hydrogen) atoms. The molecule has 0 aromatic heterocycles. The van der Waals surface area contributed by atoms with E-state index in [0.29, 0.717) is 121 Å². The van der Waals surface area contributed by atoms with Crippen LogP contribution in [-0.2, 0) is 109 Å². The van der Waals surface area contributed by atoms with E-state index in [0.717, 1.165) is 18.2 Å². The fourth-order valence-corrected chi connectivity index (χ4v) is 7.68. The van der Waals surface area contributed by atoms with E-state index < -0.39 is 49.2 Å². The van der Waals surface area contributed by atoms with Crippen molar-refractivity contribution < 1.29 is 135 Å². The third-order valence-corrected chi connectivity index (χ3v) is 14.2. The Hall–Kier alpha value is -4.82. The summed E-state index contributed by atoms with van der Waals surface area (Å²) in [5.41, 5.74) is -2.20. The molecule has 0 aliphatic carbocycles. The number of aliphatic hydroxyl groups is 5. The minimum atomic E-state index is -1.29. The molecular weight excluding hydrogens is 1330 g/mol. The minimum absolute atomic E-state index is 0. The first-order chi connectivity index (χ1) is 44.3. The molecule has 554 valence electrons. The third kappa shape index (κ3) is 34.5. The van der Waals surface area contributed by atoms with Gasteiger partial charge < -0.3 is 136 Å². The number of amides is 3. The highest BCUT2D eigenvalue weighted by Crippen LogP contribution is 2.38. The summed E-state index contributed by atoms with van der Waals surface area (Å²) in [7, 11) is 3.10. The number of rotatable bonds is 19. The van der Waals surface area contributed by atoms with Gasteiger partial charge in [-0.25, -0.2) is 0 Å². The molecule has 34 heteroatoms. The minimum Gasteiger partial charge on any atom is -0.465 e. The first-order valence-corrected chi connectivity index (χ1v) is 30.5. The van der Waals surface area contributed by atoms with E-state index in [-0.39, 0.29) is 114 Å². The number of hydrogen-bond donors (Lipinski definition) is 8. The molecule has 0 radical (unpaired) electrons. The first-order valence-electron chi connectivity index (χ1n) is 28.9. The molecular formula is C61H106Cl3N3O28. The number of carbonyl (C=O) groups is 3. The van der Waals surface area contributed by atoms with Gasteiger partial charge in [0, 0.05) is 28.1 Å². The lowest BCUT2D eigenvalue weighted by Crippen LogP contribution is -2.59. The molecule has 0 unspecified atom stereocenters. The molecule has 8 saturated heterocycles. The average molecular weight is 1440 g/mol. The molecule has 8 heterocycles. The van der Waals surface area contributed by atoms with Crippen LogP contribution < -0.4 is 16.0 Å². The molecule has 3 amide bonds. The second-order valence-electron chi connectivity index (χ2n) is 21.2. The molecule has 4 spiro atoms. The van der Waals surface area contributed by atoms with Crippen LogP contribution in [0, 0.1) is 27.1 Å². The second-order valence-corrected chi connectivity index (χ2v) is 22.2. The number of hydrogen-bond acceptors (Lipinski definition) is 28. The van der Waals surface area contributed by atoms with Crippen LogP contribution in [0.2, 0.25) is 0 Å². The molecule has 0 aromatic carbocycles. The van der Waals surface area contributed by atoms with Crippen LogP contribution in [0.4, 0.5) is 0 Å². The van der Waals surface area contributed by atoms with Gasteiger partial charge in [0.15, 0.2) is 18.9 Å². The molecule has 0 bridgehead atoms. The maximum atomic E-state index is 11.1. The number of aliphatic hydroxyl groups excluding tert-OH is 5. The van der Waals surface area contributed by atoms with Crippen LogP contribution in [0.1, 0.15) is 42.5 Å². The summed E-state index contributed by atoms with van der Waals surface area (Å²) in [5.74, 6) is -1.08. The van der Waals surface area contributed by atoms with Crippen molar-refractivity contribution in [1.29, 1.82) is 0 Å². The Balaban J connectivity index is 0. The van der Waals surface area contributed by atoms with Gasteiger partial charge in [-0.2, -0.15) is 0 Å². The third-order valence-electron chi connectivity index (χ3n) is 13.4. The topological polar surface area (TPSA) is 373 Å². The first kappa shape index (κ1) is 92.2. The molecule has 31 nitrogen and oxygen atoms in total. The van der Waals surface area contributed by atoms with Crippen LogP contribution in [0.3, 0.4) is 0 Å². The predicted octanol–water partition coefficient (Wildman–Crippen LogP) is 3.50. The lowest BCUT2D eigenvalue weighted by atomic mass is 9.90. The highest BCUT2D eigenvalue weighted by Gasteiger charge is 2.50. The summed E-state index contributed by atoms with van der Waals surface area (Å²) < 4.78 is 106. The molecule has 8 aliphatic rings. The van der Waals surface area contributed by atoms with Crippen molar-refractivity contribution in [3.8, 4) is 0 Å². The van der Waals surface area contributed by atoms with Crippen molar-refractivity contribution in [1.82, 2.24) is 16.0 Å². The van der Waals surface area contributed by atoms with Gasteiger partial charge >= 0.3 is 0 Å². The van der Waals surface area contributed by atoms with Gasteiger partial charge in [-0.1, -0.05) is 48.4 Å². The van der Waals surface area contributed by atoms with E-state index >= 15 is 0 Å². The Labute approximate surface area is 573 Å². The van der Waals surface area contributed by atoms with Gasteiger partial charge in [-0.05, 0) is 44.5 Å². The van der Waals surface area contributed by atoms with Gasteiger partial charge in [0.1, 0.15) is 83.9 Å². The monoisotopic (exact) mass is 1430 g/mol. The molecule has 8 aliphatic heterocycles. The Bertz CT molecular complexity index is 1960. The average Bonchev–Trinajstić information content (AvgIpc) is 0.816. The standard InChI is InChI=1S/C17H26N2O8.C9H14Cl2O4.2C9H12O4.C5H12O4.C4H9ClO2.C4H7NO2.C2H6.2CH4/c1-5-13(20)18-11-26-15(3)22-7-17(8-23-15)9-24-16(4,25-10-17)27-12-19-14(21)6-2;10-1-7-12-3-9(4-13-7)5-14-8(2-11)15-6-9;2*1-7-10-3-9(4-11-7)5-12-8(2)13-6-9;6-1-5(2-7,3-8)4-9;1-6-4(3-5)7-2;1-2-4(7)5-3-6;1-2;;/h5-6H,1-2,7-12H2,3-4H3,(H,18,20)(H,19,21);7-8H,1-6H2;2*1-6H2;6-9H,1-4H2;4H,3H2,1-2H3;2,6H,1,3H2,(H,5,7);1-2H3;2*1H4. The second kappa shape index (κ2) is 48.8. The zero-order chi connectivity index (χ0) is 70.0. The molecule has 0 atom stereocenters. The van der Waals surface area contributed by atoms with Gasteiger partial charge in [0.05, 0.1) is 113 Å². The smallest absolute Gasteiger partial charge is 0.281 e. The zero-order valence-corrected chi connectivity index (χ0v) is 56.3. The maximum absolute atomic E-state index is 11.1. The van der Waals surface area contributed by atoms with E-state index in [1.54, 1.807) is 28.1 Å². The summed E-state index contributed by atoms with van der Waals surface area (Å²) in [6, 6.07) is 0. The normalized spacial score (nSPS) is 25.6. The number of nitrogens with one attached hydrogen (secondary N) is 3. The van der Waals surface area contributed by atoms with E-state index in [4.69, 9.17) is 155 Å². The van der Waals surface area contributed by atoms with E-state index in [9.17, 15) is 14.4 Å². The van der Waals surface area contributed by atoms with Crippen LogP contribution in [0.5, 0.6) is 0 Å². The number of methoxy groups -OCH3 is 2. The summed E-state index contributed by atoms with van der Waals surface area (Å²) in [5, 5.41) is 49.0. The number of alkyl halides is 3. The van der Waals surface area contributed by atoms with Gasteiger partial charge in [-0.3, -0.25) is 14.4 Å². The highest BCUT2D eigenvalue weighted by molar-refractivity contribution is 6.18. The van der Waals surface area contributed by atoms with E-state index in [2.05, 4.69) is 62.0 Å². The van der Waals surface area contributed by atoms with E-state index in [1.165, 1.54) is 0 Å². The fourth-order valence-electron chi connectivity index (χ4n) is 7.07. The molecule has 8 rings (SSSR count). The summed E-state index contributed by atoms with van der Waals surface area (Å²) in [4.78, 5) is 32.3. The maximum Gasteiger partial charge on any atom is 0.281 e. The summed E-state index contributed by atoms with van der Waals surface area (Å²) in [6.45, 7) is 36.7. The lowest BCUT2D eigenvalue weighted by Gasteiger charge is -2.48. The highest BCUT2D eigenvalue weighted by atomic mass is 35.5. The lowest BCUT2D eigenvalue weighted by molar-refractivity contribution is -0.456. The van der Waals surface area contributed by atoms with Crippen molar-refractivity contribution in [3.63, 3.8) is 0 Å². The quantitative estimate of drug-likeness (QED) is 0.0521. The number of ether oxygens (including phenoxy) is 20. The summed E-state index contributed by atoms with van der Waals surface area (Å²) >= 11 is 16.6. The van der Waals surface area contributed by atoms with Gasteiger partial charge in [0.2, 0.25) is 17.7 Å². The Morgan fingerprint density at radius 1 is 0.484 bits per heavy atom. The van der Waals surface area contributed by atoms with Gasteiger partial charge in [0.25, 0.3) is 35.7 Å².